The van der Waals surface area contributed by atoms with Crippen LogP contribution in [0.15, 0.2) is 54.6 Å². The lowest BCUT2D eigenvalue weighted by molar-refractivity contribution is -0.201. The minimum Gasteiger partial charge on any atom is -0.494 e. The number of aryl methyl sites for hydroxylation is 1. The highest BCUT2D eigenvalue weighted by Gasteiger charge is 2.58. The van der Waals surface area contributed by atoms with Gasteiger partial charge in [0, 0.05) is 18.9 Å². The largest absolute Gasteiger partial charge is 0.494 e. The van der Waals surface area contributed by atoms with Crippen LogP contribution in [0.5, 0.6) is 5.75 Å². The van der Waals surface area contributed by atoms with Crippen LogP contribution in [0.2, 0.25) is 0 Å². The van der Waals surface area contributed by atoms with Gasteiger partial charge >= 0.3 is 12.4 Å². The van der Waals surface area contributed by atoms with E-state index in [4.69, 9.17) is 4.74 Å². The number of amides is 1. The van der Waals surface area contributed by atoms with Gasteiger partial charge in [-0.05, 0) is 42.2 Å². The average molecular weight is 457 g/mol. The molecule has 2 aromatic rings. The normalized spacial score (nSPS) is 19.3. The number of carbonyl (C=O) groups is 1. The third-order valence-electron chi connectivity index (χ3n) is 5.22. The first kappa shape index (κ1) is 23.7. The number of halogens is 6. The van der Waals surface area contributed by atoms with E-state index in [0.29, 0.717) is 5.56 Å². The molecule has 1 amide bonds. The maximum atomic E-state index is 14.3. The quantitative estimate of drug-likeness (QED) is 0.422. The molecule has 32 heavy (non-hydrogen) atoms. The fourth-order valence-corrected chi connectivity index (χ4v) is 3.55. The van der Waals surface area contributed by atoms with Crippen LogP contribution < -0.4 is 10.1 Å². The van der Waals surface area contributed by atoms with Crippen LogP contribution in [0.4, 0.5) is 26.3 Å². The monoisotopic (exact) mass is 457 g/mol. The van der Waals surface area contributed by atoms with E-state index in [0.717, 1.165) is 11.6 Å². The third-order valence-corrected chi connectivity index (χ3v) is 5.22. The summed E-state index contributed by atoms with van der Waals surface area (Å²) in [7, 11) is 0. The average Bonchev–Trinajstić information content (AvgIpc) is 2.70. The second-order valence-corrected chi connectivity index (χ2v) is 7.70. The summed E-state index contributed by atoms with van der Waals surface area (Å²) in [4.78, 5) is 12.3. The molecule has 2 aromatic carbocycles. The van der Waals surface area contributed by atoms with Crippen molar-refractivity contribution in [1.29, 1.82) is 0 Å². The summed E-state index contributed by atoms with van der Waals surface area (Å²) in [6.07, 6.45) is -9.72. The molecule has 3 rings (SSSR count). The Labute approximate surface area is 181 Å². The molecule has 0 radical (unpaired) electrons. The Bertz CT molecular complexity index is 978. The van der Waals surface area contributed by atoms with Crippen molar-refractivity contribution in [3.05, 3.63) is 71.3 Å². The highest BCUT2D eigenvalue weighted by molar-refractivity contribution is 5.98. The van der Waals surface area contributed by atoms with Crippen LogP contribution >= 0.6 is 0 Å². The molecular formula is C23H21F6NO2. The standard InChI is InChI=1S/C23H21F6NO2/c1-15-3-5-16(6-4-15)17-13-20(31)30-21(14-17,23(27,28)29)18-7-9-19(10-8-18)32-12-2-11-22(24,25)26/h3-10,13H,2,11-12,14H2,1H3,(H,30,31). The number of alkyl halides is 6. The second-order valence-electron chi connectivity index (χ2n) is 7.70. The highest BCUT2D eigenvalue weighted by atomic mass is 19.4. The van der Waals surface area contributed by atoms with E-state index in [1.807, 2.05) is 6.92 Å². The number of benzene rings is 2. The summed E-state index contributed by atoms with van der Waals surface area (Å²) in [5, 5.41) is 2.08. The SMILES string of the molecule is Cc1ccc(C2=CC(=O)NC(c3ccc(OCCCC(F)(F)F)cc3)(C(F)(F)F)C2)cc1. The first-order valence-corrected chi connectivity index (χ1v) is 9.86. The Morgan fingerprint density at radius 1 is 0.969 bits per heavy atom. The van der Waals surface area contributed by atoms with Crippen LogP contribution in [0, 0.1) is 6.92 Å². The summed E-state index contributed by atoms with van der Waals surface area (Å²) in [5.41, 5.74) is -1.14. The lowest BCUT2D eigenvalue weighted by Gasteiger charge is -2.40. The number of hydrogen-bond donors (Lipinski definition) is 1. The van der Waals surface area contributed by atoms with Gasteiger partial charge < -0.3 is 10.1 Å². The van der Waals surface area contributed by atoms with Gasteiger partial charge in [-0.15, -0.1) is 0 Å². The number of rotatable bonds is 6. The van der Waals surface area contributed by atoms with Crippen molar-refractivity contribution in [3.8, 4) is 5.75 Å². The minimum absolute atomic E-state index is 0.143. The maximum absolute atomic E-state index is 14.3. The third kappa shape index (κ3) is 5.44. The minimum atomic E-state index is -4.80. The van der Waals surface area contributed by atoms with E-state index in [1.54, 1.807) is 24.3 Å². The summed E-state index contributed by atoms with van der Waals surface area (Å²) < 4.78 is 84.7. The van der Waals surface area contributed by atoms with Crippen molar-refractivity contribution in [1.82, 2.24) is 5.32 Å². The molecule has 1 N–H and O–H groups in total. The first-order valence-electron chi connectivity index (χ1n) is 9.86. The van der Waals surface area contributed by atoms with E-state index in [9.17, 15) is 31.1 Å². The molecule has 3 nitrogen and oxygen atoms in total. The molecule has 1 heterocycles. The van der Waals surface area contributed by atoms with Crippen molar-refractivity contribution in [2.75, 3.05) is 6.61 Å². The van der Waals surface area contributed by atoms with Crippen LogP contribution in [0.25, 0.3) is 5.57 Å². The predicted octanol–water partition coefficient (Wildman–Crippen LogP) is 6.08. The zero-order valence-corrected chi connectivity index (χ0v) is 17.1. The van der Waals surface area contributed by atoms with Crippen molar-refractivity contribution < 1.29 is 35.9 Å². The highest BCUT2D eigenvalue weighted by Crippen LogP contribution is 2.47. The van der Waals surface area contributed by atoms with Gasteiger partial charge in [0.1, 0.15) is 5.75 Å². The number of hydrogen-bond acceptors (Lipinski definition) is 2. The topological polar surface area (TPSA) is 38.3 Å². The van der Waals surface area contributed by atoms with Gasteiger partial charge in [0.15, 0.2) is 5.54 Å². The molecule has 1 atom stereocenters. The van der Waals surface area contributed by atoms with Gasteiger partial charge in [0.05, 0.1) is 6.61 Å². The Balaban J connectivity index is 1.84. The van der Waals surface area contributed by atoms with E-state index in [1.165, 1.54) is 24.3 Å². The molecular weight excluding hydrogens is 436 g/mol. The molecule has 0 saturated heterocycles. The summed E-state index contributed by atoms with van der Waals surface area (Å²) in [5.74, 6) is -0.721. The van der Waals surface area contributed by atoms with Crippen LogP contribution in [-0.2, 0) is 10.3 Å². The smallest absolute Gasteiger partial charge is 0.416 e. The molecule has 1 aliphatic heterocycles. The number of ether oxygens (including phenoxy) is 1. The molecule has 9 heteroatoms. The molecule has 1 unspecified atom stereocenters. The Kier molecular flexibility index (Phi) is 6.57. The lowest BCUT2D eigenvalue weighted by Crippen LogP contribution is -2.57. The Morgan fingerprint density at radius 2 is 1.59 bits per heavy atom. The fraction of sp³-hybridized carbons (Fsp3) is 0.348. The van der Waals surface area contributed by atoms with Gasteiger partial charge in [-0.2, -0.15) is 26.3 Å². The first-order chi connectivity index (χ1) is 14.9. The molecule has 0 aromatic heterocycles. The molecule has 0 aliphatic carbocycles. The Morgan fingerprint density at radius 3 is 2.16 bits per heavy atom. The molecule has 172 valence electrons. The summed E-state index contributed by atoms with van der Waals surface area (Å²) in [6, 6.07) is 11.7. The molecule has 0 spiro atoms. The number of nitrogens with one attached hydrogen (secondary N) is 1. The van der Waals surface area contributed by atoms with Gasteiger partial charge in [-0.3, -0.25) is 4.79 Å². The Hall–Kier alpha value is -2.97. The van der Waals surface area contributed by atoms with Crippen molar-refractivity contribution in [2.24, 2.45) is 0 Å². The van der Waals surface area contributed by atoms with Crippen LogP contribution in [0.1, 0.15) is 36.0 Å². The molecule has 0 bridgehead atoms. The van der Waals surface area contributed by atoms with Gasteiger partial charge in [-0.1, -0.05) is 42.0 Å². The summed E-state index contributed by atoms with van der Waals surface area (Å²) >= 11 is 0. The number of carbonyl (C=O) groups excluding carboxylic acids is 1. The van der Waals surface area contributed by atoms with Gasteiger partial charge in [0.2, 0.25) is 5.91 Å². The zero-order chi connectivity index (χ0) is 23.6. The van der Waals surface area contributed by atoms with Crippen LogP contribution in [-0.4, -0.2) is 24.9 Å². The molecule has 0 saturated carbocycles. The zero-order valence-electron chi connectivity index (χ0n) is 17.1. The lowest BCUT2D eigenvalue weighted by atomic mass is 9.78. The van der Waals surface area contributed by atoms with Gasteiger partial charge in [-0.25, -0.2) is 0 Å². The molecule has 1 aliphatic rings. The molecule has 0 fully saturated rings. The van der Waals surface area contributed by atoms with E-state index >= 15 is 0 Å². The van der Waals surface area contributed by atoms with Gasteiger partial charge in [0.25, 0.3) is 0 Å². The van der Waals surface area contributed by atoms with Crippen molar-refractivity contribution in [3.63, 3.8) is 0 Å². The van der Waals surface area contributed by atoms with E-state index < -0.39 is 36.6 Å². The fourth-order valence-electron chi connectivity index (χ4n) is 3.55. The van der Waals surface area contributed by atoms with E-state index in [-0.39, 0.29) is 29.9 Å². The maximum Gasteiger partial charge on any atom is 0.416 e. The second kappa shape index (κ2) is 8.88. The van der Waals surface area contributed by atoms with E-state index in [2.05, 4.69) is 5.32 Å². The van der Waals surface area contributed by atoms with Crippen LogP contribution in [0.3, 0.4) is 0 Å². The van der Waals surface area contributed by atoms with Crippen molar-refractivity contribution >= 4 is 11.5 Å². The summed E-state index contributed by atoms with van der Waals surface area (Å²) in [6.45, 7) is 1.62. The predicted molar refractivity (Wildman–Crippen MR) is 107 cm³/mol. The van der Waals surface area contributed by atoms with Crippen molar-refractivity contribution in [2.45, 2.75) is 44.1 Å².